The van der Waals surface area contributed by atoms with Gasteiger partial charge in [-0.05, 0) is 55.5 Å². The van der Waals surface area contributed by atoms with E-state index in [0.29, 0.717) is 22.7 Å². The van der Waals surface area contributed by atoms with Crippen LogP contribution in [-0.2, 0) is 4.79 Å². The fourth-order valence-corrected chi connectivity index (χ4v) is 3.11. The minimum Gasteiger partial charge on any atom is -0.478 e. The number of amides is 1. The summed E-state index contributed by atoms with van der Waals surface area (Å²) < 4.78 is 1.84. The maximum atomic E-state index is 12.9. The Morgan fingerprint density at radius 3 is 2.50 bits per heavy atom. The number of benzene rings is 2. The first-order valence-corrected chi connectivity index (χ1v) is 8.72. The van der Waals surface area contributed by atoms with E-state index in [-0.39, 0.29) is 11.5 Å². The summed E-state index contributed by atoms with van der Waals surface area (Å²) in [5.74, 6) is -1.18. The van der Waals surface area contributed by atoms with E-state index in [0.717, 1.165) is 5.69 Å². The number of aromatic carboxylic acids is 1. The number of rotatable bonds is 4. The number of hydrazone groups is 1. The fraction of sp³-hybridized carbons (Fsp3) is 0.0455. The van der Waals surface area contributed by atoms with Crippen LogP contribution in [-0.4, -0.2) is 27.3 Å². The Balaban J connectivity index is 1.71. The second-order valence-corrected chi connectivity index (χ2v) is 6.35. The van der Waals surface area contributed by atoms with Gasteiger partial charge in [-0.3, -0.25) is 4.79 Å². The third kappa shape index (κ3) is 3.12. The molecule has 0 unspecified atom stereocenters. The van der Waals surface area contributed by atoms with Gasteiger partial charge in [0.05, 0.1) is 22.5 Å². The quantitative estimate of drug-likeness (QED) is 0.705. The third-order valence-electron chi connectivity index (χ3n) is 4.51. The molecule has 4 rings (SSSR count). The minimum absolute atomic E-state index is 0.198. The van der Waals surface area contributed by atoms with E-state index >= 15 is 0 Å². The van der Waals surface area contributed by atoms with Gasteiger partial charge in [0.2, 0.25) is 0 Å². The summed E-state index contributed by atoms with van der Waals surface area (Å²) in [7, 11) is 0. The number of carbonyl (C=O) groups is 2. The number of anilines is 1. The lowest BCUT2D eigenvalue weighted by molar-refractivity contribution is -0.114. The first kappa shape index (κ1) is 17.5. The molecule has 138 valence electrons. The van der Waals surface area contributed by atoms with E-state index < -0.39 is 5.97 Å². The maximum Gasteiger partial charge on any atom is 0.335 e. The van der Waals surface area contributed by atoms with Crippen molar-refractivity contribution >= 4 is 29.4 Å². The zero-order chi connectivity index (χ0) is 19.7. The monoisotopic (exact) mass is 371 g/mol. The third-order valence-corrected chi connectivity index (χ3v) is 4.51. The SMILES string of the molecule is CC1=NN(c2ccccc2)C(=O)/C1=C/c1cccn1-c1cccc(C(=O)O)c1. The highest BCUT2D eigenvalue weighted by Gasteiger charge is 2.28. The van der Waals surface area contributed by atoms with Crippen molar-refractivity contribution in [2.75, 3.05) is 5.01 Å². The Morgan fingerprint density at radius 1 is 1.00 bits per heavy atom. The topological polar surface area (TPSA) is 74.9 Å². The Hall–Kier alpha value is -3.93. The summed E-state index contributed by atoms with van der Waals surface area (Å²) in [6, 6.07) is 19.6. The zero-order valence-corrected chi connectivity index (χ0v) is 15.1. The van der Waals surface area contributed by atoms with E-state index in [1.165, 1.54) is 5.01 Å². The van der Waals surface area contributed by atoms with Crippen molar-refractivity contribution in [3.8, 4) is 5.69 Å². The molecule has 2 heterocycles. The van der Waals surface area contributed by atoms with Gasteiger partial charge >= 0.3 is 5.97 Å². The van der Waals surface area contributed by atoms with E-state index in [9.17, 15) is 14.7 Å². The first-order valence-electron chi connectivity index (χ1n) is 8.72. The molecule has 1 N–H and O–H groups in total. The molecule has 1 aliphatic rings. The van der Waals surface area contributed by atoms with Gasteiger partial charge in [-0.2, -0.15) is 10.1 Å². The molecule has 0 spiro atoms. The smallest absolute Gasteiger partial charge is 0.335 e. The van der Waals surface area contributed by atoms with E-state index in [1.54, 1.807) is 31.2 Å². The number of hydrogen-bond acceptors (Lipinski definition) is 3. The number of para-hydroxylation sites is 1. The summed E-state index contributed by atoms with van der Waals surface area (Å²) in [5.41, 5.74) is 3.50. The van der Waals surface area contributed by atoms with Crippen molar-refractivity contribution in [1.82, 2.24) is 4.57 Å². The lowest BCUT2D eigenvalue weighted by Crippen LogP contribution is -2.21. The van der Waals surface area contributed by atoms with Crippen molar-refractivity contribution in [3.63, 3.8) is 0 Å². The van der Waals surface area contributed by atoms with Crippen molar-refractivity contribution in [1.29, 1.82) is 0 Å². The highest BCUT2D eigenvalue weighted by molar-refractivity contribution is 6.32. The Bertz CT molecular complexity index is 1130. The summed E-state index contributed by atoms with van der Waals surface area (Å²) in [6.07, 6.45) is 3.60. The highest BCUT2D eigenvalue weighted by Crippen LogP contribution is 2.25. The number of hydrogen-bond donors (Lipinski definition) is 1. The molecule has 0 saturated heterocycles. The molecule has 3 aromatic rings. The average molecular weight is 371 g/mol. The fourth-order valence-electron chi connectivity index (χ4n) is 3.11. The molecule has 0 saturated carbocycles. The van der Waals surface area contributed by atoms with Crippen LogP contribution in [0.1, 0.15) is 23.0 Å². The number of carboxylic acid groups (broad SMARTS) is 1. The second-order valence-electron chi connectivity index (χ2n) is 6.35. The maximum absolute atomic E-state index is 12.9. The number of nitrogens with zero attached hydrogens (tertiary/aromatic N) is 3. The van der Waals surface area contributed by atoms with Gasteiger partial charge in [0.25, 0.3) is 5.91 Å². The van der Waals surface area contributed by atoms with Crippen LogP contribution < -0.4 is 5.01 Å². The molecular weight excluding hydrogens is 354 g/mol. The number of carbonyl (C=O) groups excluding carboxylic acids is 1. The van der Waals surface area contributed by atoms with E-state index in [2.05, 4.69) is 5.10 Å². The standard InChI is InChI=1S/C22H17N3O3/c1-15-20(21(26)25(23-15)17-8-3-2-4-9-17)14-19-11-6-12-24(19)18-10-5-7-16(13-18)22(27)28/h2-14H,1H3,(H,27,28)/b20-14+. The largest absolute Gasteiger partial charge is 0.478 e. The second kappa shape index (κ2) is 7.00. The van der Waals surface area contributed by atoms with Crippen LogP contribution in [0.25, 0.3) is 11.8 Å². The molecule has 0 bridgehead atoms. The van der Waals surface area contributed by atoms with Gasteiger partial charge in [-0.1, -0.05) is 24.3 Å². The molecule has 1 amide bonds. The molecule has 1 aliphatic heterocycles. The van der Waals surface area contributed by atoms with E-state index in [4.69, 9.17) is 0 Å². The van der Waals surface area contributed by atoms with Crippen molar-refractivity contribution in [2.24, 2.45) is 5.10 Å². The van der Waals surface area contributed by atoms with E-state index in [1.807, 2.05) is 59.3 Å². The molecular formula is C22H17N3O3. The predicted molar refractivity (Wildman–Crippen MR) is 108 cm³/mol. The summed E-state index contributed by atoms with van der Waals surface area (Å²) in [4.78, 5) is 24.1. The average Bonchev–Trinajstić information content (AvgIpc) is 3.29. The highest BCUT2D eigenvalue weighted by atomic mass is 16.4. The Labute approximate surface area is 161 Å². The summed E-state index contributed by atoms with van der Waals surface area (Å²) in [5, 5.41) is 15.0. The molecule has 0 radical (unpaired) electrons. The van der Waals surface area contributed by atoms with Crippen LogP contribution in [0, 0.1) is 0 Å². The van der Waals surface area contributed by atoms with Crippen LogP contribution in [0.2, 0.25) is 0 Å². The lowest BCUT2D eigenvalue weighted by Gasteiger charge is -2.11. The van der Waals surface area contributed by atoms with Gasteiger partial charge in [-0.25, -0.2) is 4.79 Å². The van der Waals surface area contributed by atoms with Gasteiger partial charge in [-0.15, -0.1) is 0 Å². The lowest BCUT2D eigenvalue weighted by atomic mass is 10.1. The molecule has 1 aromatic heterocycles. The minimum atomic E-state index is -0.985. The normalized spacial score (nSPS) is 15.2. The van der Waals surface area contributed by atoms with Crippen molar-refractivity contribution in [2.45, 2.75) is 6.92 Å². The van der Waals surface area contributed by atoms with Gasteiger partial charge in [0.15, 0.2) is 0 Å². The Morgan fingerprint density at radius 2 is 1.75 bits per heavy atom. The Kier molecular flexibility index (Phi) is 4.37. The number of aromatic nitrogens is 1. The number of carboxylic acids is 1. The van der Waals surface area contributed by atoms with Gasteiger partial charge in [0.1, 0.15) is 0 Å². The summed E-state index contributed by atoms with van der Waals surface area (Å²) >= 11 is 0. The van der Waals surface area contributed by atoms with Crippen LogP contribution in [0.4, 0.5) is 5.69 Å². The van der Waals surface area contributed by atoms with Crippen LogP contribution in [0.3, 0.4) is 0 Å². The molecule has 6 heteroatoms. The molecule has 6 nitrogen and oxygen atoms in total. The first-order chi connectivity index (χ1) is 13.5. The molecule has 0 atom stereocenters. The zero-order valence-electron chi connectivity index (χ0n) is 15.1. The van der Waals surface area contributed by atoms with Crippen LogP contribution >= 0.6 is 0 Å². The summed E-state index contributed by atoms with van der Waals surface area (Å²) in [6.45, 7) is 1.80. The van der Waals surface area contributed by atoms with Crippen molar-refractivity contribution < 1.29 is 14.7 Å². The molecule has 28 heavy (non-hydrogen) atoms. The molecule has 0 aliphatic carbocycles. The molecule has 0 fully saturated rings. The van der Waals surface area contributed by atoms with Crippen molar-refractivity contribution in [3.05, 3.63) is 89.8 Å². The molecule has 2 aromatic carbocycles. The van der Waals surface area contributed by atoms with Gasteiger partial charge in [0, 0.05) is 17.6 Å². The van der Waals surface area contributed by atoms with Gasteiger partial charge < -0.3 is 9.67 Å². The van der Waals surface area contributed by atoms with Crippen LogP contribution in [0.5, 0.6) is 0 Å². The predicted octanol–water partition coefficient (Wildman–Crippen LogP) is 3.98. The van der Waals surface area contributed by atoms with Crippen LogP contribution in [0.15, 0.2) is 83.6 Å².